The van der Waals surface area contributed by atoms with E-state index >= 15 is 0 Å². The highest BCUT2D eigenvalue weighted by Crippen LogP contribution is 2.27. The van der Waals surface area contributed by atoms with Crippen molar-refractivity contribution < 1.29 is 17.9 Å². The smallest absolute Gasteiger partial charge is 0.244 e. The summed E-state index contributed by atoms with van der Waals surface area (Å²) in [5, 5.41) is 0. The van der Waals surface area contributed by atoms with E-state index in [0.717, 1.165) is 29.7 Å². The summed E-state index contributed by atoms with van der Waals surface area (Å²) < 4.78 is 38.7. The molecule has 0 aromatic heterocycles. The van der Waals surface area contributed by atoms with Crippen LogP contribution < -0.4 is 14.2 Å². The average molecular weight is 375 g/mol. The molecule has 6 heteroatoms. The minimum Gasteiger partial charge on any atom is -0.495 e. The fourth-order valence-corrected chi connectivity index (χ4v) is 4.44. The predicted molar refractivity (Wildman–Crippen MR) is 102 cm³/mol. The summed E-state index contributed by atoms with van der Waals surface area (Å²) in [5.41, 5.74) is 4.61. The van der Waals surface area contributed by atoms with E-state index in [1.165, 1.54) is 24.7 Å². The standard InChI is InChI=1S/C20H25NO4S/c1-14-11-19(24-3)20(12-15(14)2)26(22,23)21-9-10-25-18-8-7-16-5-4-6-17(16)13-18/h7-8,11-13,21H,4-6,9-10H2,1-3H3. The number of ether oxygens (including phenoxy) is 2. The van der Waals surface area contributed by atoms with Gasteiger partial charge in [0.1, 0.15) is 23.0 Å². The van der Waals surface area contributed by atoms with Gasteiger partial charge in [-0.15, -0.1) is 0 Å². The van der Waals surface area contributed by atoms with Crippen molar-refractivity contribution in [1.82, 2.24) is 4.72 Å². The molecule has 0 saturated heterocycles. The molecule has 0 heterocycles. The van der Waals surface area contributed by atoms with E-state index in [0.29, 0.717) is 5.75 Å². The van der Waals surface area contributed by atoms with E-state index in [9.17, 15) is 8.42 Å². The third-order valence-electron chi connectivity index (χ3n) is 4.80. The van der Waals surface area contributed by atoms with Gasteiger partial charge >= 0.3 is 0 Å². The first-order valence-electron chi connectivity index (χ1n) is 8.80. The maximum atomic E-state index is 12.6. The fraction of sp³-hybridized carbons (Fsp3) is 0.400. The second kappa shape index (κ2) is 7.68. The molecule has 0 fully saturated rings. The Labute approximate surface area is 155 Å². The number of rotatable bonds is 7. The summed E-state index contributed by atoms with van der Waals surface area (Å²) in [7, 11) is -2.19. The minimum absolute atomic E-state index is 0.153. The van der Waals surface area contributed by atoms with Crippen molar-refractivity contribution in [3.63, 3.8) is 0 Å². The van der Waals surface area contributed by atoms with Gasteiger partial charge < -0.3 is 9.47 Å². The Hall–Kier alpha value is -2.05. The van der Waals surface area contributed by atoms with Crippen molar-refractivity contribution in [3.05, 3.63) is 52.6 Å². The molecule has 1 N–H and O–H groups in total. The average Bonchev–Trinajstić information content (AvgIpc) is 3.08. The number of sulfonamides is 1. The molecule has 1 aliphatic carbocycles. The molecule has 5 nitrogen and oxygen atoms in total. The summed E-state index contributed by atoms with van der Waals surface area (Å²) in [6.07, 6.45) is 3.41. The Bertz CT molecular complexity index is 906. The molecule has 0 radical (unpaired) electrons. The van der Waals surface area contributed by atoms with Gasteiger partial charge in [-0.25, -0.2) is 13.1 Å². The molecule has 0 saturated carbocycles. The SMILES string of the molecule is COc1cc(C)c(C)cc1S(=O)(=O)NCCOc1ccc2c(c1)CCC2. The Morgan fingerprint density at radius 3 is 2.54 bits per heavy atom. The second-order valence-corrected chi connectivity index (χ2v) is 8.35. The maximum absolute atomic E-state index is 12.6. The van der Waals surface area contributed by atoms with Gasteiger partial charge in [0.05, 0.1) is 7.11 Å². The van der Waals surface area contributed by atoms with E-state index in [2.05, 4.69) is 16.9 Å². The Kier molecular flexibility index (Phi) is 5.53. The van der Waals surface area contributed by atoms with Crippen LogP contribution in [0, 0.1) is 13.8 Å². The second-order valence-electron chi connectivity index (χ2n) is 6.62. The van der Waals surface area contributed by atoms with Crippen LogP contribution in [-0.2, 0) is 22.9 Å². The topological polar surface area (TPSA) is 64.6 Å². The highest BCUT2D eigenvalue weighted by atomic mass is 32.2. The molecule has 1 aliphatic rings. The van der Waals surface area contributed by atoms with E-state index in [1.807, 2.05) is 19.9 Å². The van der Waals surface area contributed by atoms with E-state index in [-0.39, 0.29) is 18.0 Å². The molecule has 0 aliphatic heterocycles. The molecule has 0 bridgehead atoms. The van der Waals surface area contributed by atoms with Gasteiger partial charge in [0.2, 0.25) is 10.0 Å². The van der Waals surface area contributed by atoms with Crippen LogP contribution in [0.5, 0.6) is 11.5 Å². The Balaban J connectivity index is 1.61. The molecule has 26 heavy (non-hydrogen) atoms. The molecule has 2 aromatic rings. The van der Waals surface area contributed by atoms with Crippen molar-refractivity contribution in [2.45, 2.75) is 38.0 Å². The van der Waals surface area contributed by atoms with Gasteiger partial charge in [-0.3, -0.25) is 0 Å². The van der Waals surface area contributed by atoms with Crippen molar-refractivity contribution >= 4 is 10.0 Å². The number of hydrogen-bond acceptors (Lipinski definition) is 4. The normalized spacial score (nSPS) is 13.5. The summed E-state index contributed by atoms with van der Waals surface area (Å²) in [6.45, 7) is 4.26. The molecule has 140 valence electrons. The van der Waals surface area contributed by atoms with Gasteiger partial charge in [0.15, 0.2) is 0 Å². The quantitative estimate of drug-likeness (QED) is 0.755. The minimum atomic E-state index is -3.66. The highest BCUT2D eigenvalue weighted by molar-refractivity contribution is 7.89. The number of methoxy groups -OCH3 is 1. The molecule has 2 aromatic carbocycles. The van der Waals surface area contributed by atoms with Crippen LogP contribution in [0.3, 0.4) is 0 Å². The number of fused-ring (bicyclic) bond motifs is 1. The Morgan fingerprint density at radius 2 is 1.77 bits per heavy atom. The van der Waals surface area contributed by atoms with Crippen molar-refractivity contribution in [3.8, 4) is 11.5 Å². The van der Waals surface area contributed by atoms with Crippen LogP contribution in [0.1, 0.15) is 28.7 Å². The summed E-state index contributed by atoms with van der Waals surface area (Å²) in [6, 6.07) is 9.48. The summed E-state index contributed by atoms with van der Waals surface area (Å²) >= 11 is 0. The first-order chi connectivity index (χ1) is 12.4. The van der Waals surface area contributed by atoms with Gasteiger partial charge in [-0.05, 0) is 79.6 Å². The van der Waals surface area contributed by atoms with Crippen molar-refractivity contribution in [2.75, 3.05) is 20.3 Å². The van der Waals surface area contributed by atoms with Gasteiger partial charge in [0, 0.05) is 6.54 Å². The molecular formula is C20H25NO4S. The van der Waals surface area contributed by atoms with E-state index in [4.69, 9.17) is 9.47 Å². The Morgan fingerprint density at radius 1 is 1.04 bits per heavy atom. The van der Waals surface area contributed by atoms with Crippen LogP contribution in [-0.4, -0.2) is 28.7 Å². The zero-order valence-corrected chi connectivity index (χ0v) is 16.3. The third kappa shape index (κ3) is 4.02. The monoisotopic (exact) mass is 375 g/mol. The van der Waals surface area contributed by atoms with Crippen LogP contribution in [0.2, 0.25) is 0 Å². The summed E-state index contributed by atoms with van der Waals surface area (Å²) in [5.74, 6) is 1.13. The number of benzene rings is 2. The summed E-state index contributed by atoms with van der Waals surface area (Å²) in [4.78, 5) is 0.153. The largest absolute Gasteiger partial charge is 0.495 e. The fourth-order valence-electron chi connectivity index (χ4n) is 3.19. The van der Waals surface area contributed by atoms with Crippen molar-refractivity contribution in [1.29, 1.82) is 0 Å². The van der Waals surface area contributed by atoms with Crippen LogP contribution >= 0.6 is 0 Å². The zero-order chi connectivity index (χ0) is 18.7. The van der Waals surface area contributed by atoms with E-state index < -0.39 is 10.0 Å². The molecule has 0 spiro atoms. The van der Waals surface area contributed by atoms with Crippen molar-refractivity contribution in [2.24, 2.45) is 0 Å². The number of hydrogen-bond donors (Lipinski definition) is 1. The van der Waals surface area contributed by atoms with Crippen LogP contribution in [0.25, 0.3) is 0 Å². The van der Waals surface area contributed by atoms with Gasteiger partial charge in [0.25, 0.3) is 0 Å². The predicted octanol–water partition coefficient (Wildman–Crippen LogP) is 3.16. The lowest BCUT2D eigenvalue weighted by Crippen LogP contribution is -2.28. The molecule has 3 rings (SSSR count). The highest BCUT2D eigenvalue weighted by Gasteiger charge is 2.20. The zero-order valence-electron chi connectivity index (χ0n) is 15.5. The number of nitrogens with one attached hydrogen (secondary N) is 1. The van der Waals surface area contributed by atoms with Crippen LogP contribution in [0.15, 0.2) is 35.2 Å². The maximum Gasteiger partial charge on any atom is 0.244 e. The third-order valence-corrected chi connectivity index (χ3v) is 6.28. The first kappa shape index (κ1) is 18.7. The lowest BCUT2D eigenvalue weighted by atomic mass is 10.1. The van der Waals surface area contributed by atoms with E-state index in [1.54, 1.807) is 12.1 Å². The molecule has 0 amide bonds. The van der Waals surface area contributed by atoms with Gasteiger partial charge in [-0.2, -0.15) is 0 Å². The van der Waals surface area contributed by atoms with Crippen LogP contribution in [0.4, 0.5) is 0 Å². The number of aryl methyl sites for hydroxylation is 4. The lowest BCUT2D eigenvalue weighted by molar-refractivity contribution is 0.322. The first-order valence-corrected chi connectivity index (χ1v) is 10.3. The molecule has 0 unspecified atom stereocenters. The molecule has 0 atom stereocenters. The van der Waals surface area contributed by atoms with Gasteiger partial charge in [-0.1, -0.05) is 6.07 Å². The lowest BCUT2D eigenvalue weighted by Gasteiger charge is -2.13. The molecular weight excluding hydrogens is 350 g/mol.